The van der Waals surface area contributed by atoms with Crippen molar-refractivity contribution in [3.8, 4) is 0 Å². The van der Waals surface area contributed by atoms with Gasteiger partial charge < -0.3 is 5.73 Å². The van der Waals surface area contributed by atoms with Crippen LogP contribution in [0.5, 0.6) is 0 Å². The molecular formula is C12H15N3S. The average molecular weight is 233 g/mol. The Hall–Kier alpha value is -1.42. The Bertz CT molecular complexity index is 459. The molecule has 0 aliphatic carbocycles. The Labute approximate surface area is 99.3 Å². The lowest BCUT2D eigenvalue weighted by atomic mass is 10.0. The number of rotatable bonds is 3. The first-order valence-corrected chi connectivity index (χ1v) is 6.13. The van der Waals surface area contributed by atoms with Crippen molar-refractivity contribution >= 4 is 16.5 Å². The van der Waals surface area contributed by atoms with Crippen LogP contribution in [0.1, 0.15) is 35.9 Å². The van der Waals surface area contributed by atoms with Crippen LogP contribution in [0, 0.1) is 0 Å². The molecule has 0 aliphatic rings. The third-order valence-electron chi connectivity index (χ3n) is 2.48. The van der Waals surface area contributed by atoms with Gasteiger partial charge in [0, 0.05) is 6.42 Å². The molecule has 0 saturated heterocycles. The summed E-state index contributed by atoms with van der Waals surface area (Å²) in [5, 5.41) is 9.32. The van der Waals surface area contributed by atoms with E-state index in [4.69, 9.17) is 5.73 Å². The number of hydrogen-bond donors (Lipinski definition) is 1. The fourth-order valence-electron chi connectivity index (χ4n) is 1.53. The fraction of sp³-hybridized carbons (Fsp3) is 0.333. The molecular weight excluding hydrogens is 218 g/mol. The maximum absolute atomic E-state index is 5.54. The number of anilines is 1. The molecule has 0 aliphatic heterocycles. The molecule has 16 heavy (non-hydrogen) atoms. The third kappa shape index (κ3) is 2.58. The Morgan fingerprint density at radius 3 is 2.38 bits per heavy atom. The monoisotopic (exact) mass is 233 g/mol. The summed E-state index contributed by atoms with van der Waals surface area (Å²) in [5.41, 5.74) is 8.15. The predicted octanol–water partition coefficient (Wildman–Crippen LogP) is 2.83. The second kappa shape index (κ2) is 4.61. The molecule has 0 spiro atoms. The van der Waals surface area contributed by atoms with Gasteiger partial charge in [0.1, 0.15) is 5.01 Å². The minimum Gasteiger partial charge on any atom is -0.374 e. The van der Waals surface area contributed by atoms with Crippen LogP contribution < -0.4 is 5.73 Å². The minimum absolute atomic E-state index is 0.536. The quantitative estimate of drug-likeness (QED) is 0.887. The summed E-state index contributed by atoms with van der Waals surface area (Å²) in [4.78, 5) is 0. The molecule has 1 aromatic heterocycles. The Balaban J connectivity index is 2.11. The number of nitrogens with zero attached hydrogens (tertiary/aromatic N) is 2. The second-order valence-corrected chi connectivity index (χ2v) is 5.20. The molecule has 2 N–H and O–H groups in total. The smallest absolute Gasteiger partial charge is 0.203 e. The van der Waals surface area contributed by atoms with Crippen molar-refractivity contribution in [2.45, 2.75) is 26.2 Å². The first kappa shape index (κ1) is 11.1. The van der Waals surface area contributed by atoms with Crippen molar-refractivity contribution in [3.63, 3.8) is 0 Å². The molecule has 3 nitrogen and oxygen atoms in total. The summed E-state index contributed by atoms with van der Waals surface area (Å²) in [6, 6.07) is 8.63. The maximum atomic E-state index is 5.54. The highest BCUT2D eigenvalue weighted by Crippen LogP contribution is 2.18. The molecule has 0 amide bonds. The van der Waals surface area contributed by atoms with Gasteiger partial charge in [-0.2, -0.15) is 0 Å². The lowest BCUT2D eigenvalue weighted by molar-refractivity contribution is 0.865. The highest BCUT2D eigenvalue weighted by atomic mass is 32.1. The number of nitrogen functional groups attached to an aromatic ring is 1. The van der Waals surface area contributed by atoms with Crippen molar-refractivity contribution in [1.82, 2.24) is 10.2 Å². The van der Waals surface area contributed by atoms with Crippen LogP contribution in [0.3, 0.4) is 0 Å². The van der Waals surface area contributed by atoms with Crippen molar-refractivity contribution in [2.24, 2.45) is 0 Å². The Morgan fingerprint density at radius 2 is 1.88 bits per heavy atom. The molecule has 4 heteroatoms. The predicted molar refractivity (Wildman–Crippen MR) is 67.7 cm³/mol. The summed E-state index contributed by atoms with van der Waals surface area (Å²) in [7, 11) is 0. The molecule has 2 aromatic rings. The molecule has 0 fully saturated rings. The molecule has 1 heterocycles. The first-order chi connectivity index (χ1) is 7.65. The highest BCUT2D eigenvalue weighted by Gasteiger charge is 2.03. The van der Waals surface area contributed by atoms with E-state index in [1.807, 2.05) is 0 Å². The summed E-state index contributed by atoms with van der Waals surface area (Å²) in [6.45, 7) is 4.39. The summed E-state index contributed by atoms with van der Waals surface area (Å²) >= 11 is 1.45. The summed E-state index contributed by atoms with van der Waals surface area (Å²) in [5.74, 6) is 0.575. The minimum atomic E-state index is 0.536. The first-order valence-electron chi connectivity index (χ1n) is 5.32. The van der Waals surface area contributed by atoms with Crippen molar-refractivity contribution < 1.29 is 0 Å². The number of nitrogens with two attached hydrogens (primary N) is 1. The topological polar surface area (TPSA) is 51.8 Å². The van der Waals surface area contributed by atoms with E-state index < -0.39 is 0 Å². The van der Waals surface area contributed by atoms with Crippen molar-refractivity contribution in [2.75, 3.05) is 5.73 Å². The SMILES string of the molecule is CC(C)c1ccc(Cc2nnc(N)s2)cc1. The van der Waals surface area contributed by atoms with Crippen LogP contribution in [-0.4, -0.2) is 10.2 Å². The maximum Gasteiger partial charge on any atom is 0.203 e. The number of aromatic nitrogens is 2. The average Bonchev–Trinajstić information content (AvgIpc) is 2.65. The summed E-state index contributed by atoms with van der Waals surface area (Å²) < 4.78 is 0. The van der Waals surface area contributed by atoms with Crippen molar-refractivity contribution in [1.29, 1.82) is 0 Å². The zero-order chi connectivity index (χ0) is 11.5. The van der Waals surface area contributed by atoms with Gasteiger partial charge in [0.2, 0.25) is 5.13 Å². The molecule has 0 bridgehead atoms. The fourth-order valence-corrected chi connectivity index (χ4v) is 2.18. The Kier molecular flexibility index (Phi) is 3.19. The lowest BCUT2D eigenvalue weighted by Crippen LogP contribution is -1.90. The van der Waals surface area contributed by atoms with Crippen LogP contribution in [0.15, 0.2) is 24.3 Å². The van der Waals surface area contributed by atoms with Crippen LogP contribution in [-0.2, 0) is 6.42 Å². The van der Waals surface area contributed by atoms with E-state index in [1.54, 1.807) is 0 Å². The van der Waals surface area contributed by atoms with E-state index in [0.717, 1.165) is 11.4 Å². The van der Waals surface area contributed by atoms with Gasteiger partial charge in [0.05, 0.1) is 0 Å². The standard InChI is InChI=1S/C12H15N3S/c1-8(2)10-5-3-9(4-6-10)7-11-14-15-12(13)16-11/h3-6,8H,7H2,1-2H3,(H2,13,15). The Morgan fingerprint density at radius 1 is 1.19 bits per heavy atom. The van der Waals surface area contributed by atoms with E-state index in [1.165, 1.54) is 22.5 Å². The zero-order valence-corrected chi connectivity index (χ0v) is 10.3. The van der Waals surface area contributed by atoms with E-state index in [9.17, 15) is 0 Å². The molecule has 2 rings (SSSR count). The molecule has 1 aromatic carbocycles. The third-order valence-corrected chi connectivity index (χ3v) is 3.24. The lowest BCUT2D eigenvalue weighted by Gasteiger charge is -2.05. The van der Waals surface area contributed by atoms with Gasteiger partial charge in [-0.25, -0.2) is 0 Å². The van der Waals surface area contributed by atoms with Gasteiger partial charge in [0.15, 0.2) is 0 Å². The molecule has 0 saturated carbocycles. The van der Waals surface area contributed by atoms with Crippen LogP contribution in [0.25, 0.3) is 0 Å². The van der Waals surface area contributed by atoms with Gasteiger partial charge >= 0.3 is 0 Å². The van der Waals surface area contributed by atoms with E-state index >= 15 is 0 Å². The molecule has 0 unspecified atom stereocenters. The normalized spacial score (nSPS) is 10.9. The van der Waals surface area contributed by atoms with Gasteiger partial charge in [-0.05, 0) is 17.0 Å². The largest absolute Gasteiger partial charge is 0.374 e. The van der Waals surface area contributed by atoms with Crippen LogP contribution in [0.4, 0.5) is 5.13 Å². The number of hydrogen-bond acceptors (Lipinski definition) is 4. The van der Waals surface area contributed by atoms with Gasteiger partial charge in [-0.3, -0.25) is 0 Å². The van der Waals surface area contributed by atoms with Gasteiger partial charge in [-0.1, -0.05) is 49.4 Å². The van der Waals surface area contributed by atoms with E-state index in [0.29, 0.717) is 11.0 Å². The molecule has 84 valence electrons. The van der Waals surface area contributed by atoms with Crippen molar-refractivity contribution in [3.05, 3.63) is 40.4 Å². The second-order valence-electron chi connectivity index (χ2n) is 4.11. The van der Waals surface area contributed by atoms with Crippen LogP contribution in [0.2, 0.25) is 0 Å². The zero-order valence-electron chi connectivity index (χ0n) is 9.47. The van der Waals surface area contributed by atoms with Gasteiger partial charge in [0.25, 0.3) is 0 Å². The van der Waals surface area contributed by atoms with Gasteiger partial charge in [-0.15, -0.1) is 10.2 Å². The van der Waals surface area contributed by atoms with Crippen LogP contribution >= 0.6 is 11.3 Å². The highest BCUT2D eigenvalue weighted by molar-refractivity contribution is 7.15. The summed E-state index contributed by atoms with van der Waals surface area (Å²) in [6.07, 6.45) is 0.813. The molecule has 0 radical (unpaired) electrons. The van der Waals surface area contributed by atoms with E-state index in [-0.39, 0.29) is 0 Å². The number of benzene rings is 1. The van der Waals surface area contributed by atoms with E-state index in [2.05, 4.69) is 48.3 Å². The molecule has 0 atom stereocenters.